The predicted molar refractivity (Wildman–Crippen MR) is 109 cm³/mol. The molecule has 1 aromatic heterocycles. The number of para-hydroxylation sites is 1. The van der Waals surface area contributed by atoms with Crippen molar-refractivity contribution in [2.75, 3.05) is 26.2 Å². The molecular formula is C21H19ClF2N4O3. The molecule has 0 N–H and O–H groups in total. The fourth-order valence-electron chi connectivity index (χ4n) is 3.38. The molecule has 0 aliphatic carbocycles. The molecule has 1 aliphatic heterocycles. The summed E-state index contributed by atoms with van der Waals surface area (Å²) in [5, 5.41) is 4.42. The Morgan fingerprint density at radius 3 is 2.65 bits per heavy atom. The fourth-order valence-corrected chi connectivity index (χ4v) is 3.57. The molecule has 3 aromatic rings. The van der Waals surface area contributed by atoms with Crippen molar-refractivity contribution in [2.24, 2.45) is 0 Å². The average molecular weight is 449 g/mol. The van der Waals surface area contributed by atoms with Gasteiger partial charge in [0.15, 0.2) is 0 Å². The van der Waals surface area contributed by atoms with Crippen LogP contribution in [0.2, 0.25) is 5.02 Å². The lowest BCUT2D eigenvalue weighted by molar-refractivity contribution is -0.0494. The molecule has 162 valence electrons. The Hall–Kier alpha value is -3.04. The lowest BCUT2D eigenvalue weighted by atomic mass is 10.2. The molecule has 0 atom stereocenters. The quantitative estimate of drug-likeness (QED) is 0.568. The highest BCUT2D eigenvalue weighted by Crippen LogP contribution is 2.29. The van der Waals surface area contributed by atoms with Gasteiger partial charge in [-0.2, -0.15) is 13.8 Å². The summed E-state index contributed by atoms with van der Waals surface area (Å²) in [6.45, 7) is -0.179. The number of rotatable bonds is 6. The van der Waals surface area contributed by atoms with Crippen LogP contribution in [0.25, 0.3) is 11.4 Å². The van der Waals surface area contributed by atoms with Gasteiger partial charge in [0.05, 0.1) is 12.1 Å². The minimum atomic E-state index is -2.95. The van der Waals surface area contributed by atoms with Crippen molar-refractivity contribution in [2.45, 2.75) is 13.2 Å². The molecule has 4 rings (SSSR count). The van der Waals surface area contributed by atoms with Crippen molar-refractivity contribution in [1.82, 2.24) is 19.9 Å². The summed E-state index contributed by atoms with van der Waals surface area (Å²) in [4.78, 5) is 20.8. The van der Waals surface area contributed by atoms with Gasteiger partial charge in [0.2, 0.25) is 11.7 Å². The highest BCUT2D eigenvalue weighted by atomic mass is 35.5. The van der Waals surface area contributed by atoms with E-state index in [1.807, 2.05) is 0 Å². The van der Waals surface area contributed by atoms with Crippen LogP contribution < -0.4 is 4.74 Å². The third-order valence-electron chi connectivity index (χ3n) is 4.90. The fraction of sp³-hybridized carbons (Fsp3) is 0.286. The standard InChI is InChI=1S/C21H19ClF2N4O3/c22-15-5-3-4-14(12-15)20(29)28-10-8-27(9-11-28)13-18-25-19(26-31-18)16-6-1-2-7-17(16)30-21(23)24/h1-7,12,21H,8-11,13H2. The summed E-state index contributed by atoms with van der Waals surface area (Å²) in [5.74, 6) is 0.466. The maximum Gasteiger partial charge on any atom is 0.387 e. The third-order valence-corrected chi connectivity index (χ3v) is 5.14. The second kappa shape index (κ2) is 9.40. The molecule has 0 radical (unpaired) electrons. The summed E-state index contributed by atoms with van der Waals surface area (Å²) in [5.41, 5.74) is 0.891. The first-order chi connectivity index (χ1) is 15.0. The van der Waals surface area contributed by atoms with Crippen LogP contribution in [0.5, 0.6) is 5.75 Å². The van der Waals surface area contributed by atoms with E-state index in [4.69, 9.17) is 16.1 Å². The monoisotopic (exact) mass is 448 g/mol. The number of aromatic nitrogens is 2. The number of benzene rings is 2. The summed E-state index contributed by atoms with van der Waals surface area (Å²) in [6.07, 6.45) is 0. The first-order valence-corrected chi connectivity index (χ1v) is 10.0. The molecular weight excluding hydrogens is 430 g/mol. The number of carbonyl (C=O) groups excluding carboxylic acids is 1. The smallest absolute Gasteiger partial charge is 0.387 e. The van der Waals surface area contributed by atoms with Crippen molar-refractivity contribution >= 4 is 17.5 Å². The summed E-state index contributed by atoms with van der Waals surface area (Å²) >= 11 is 5.97. The van der Waals surface area contributed by atoms with Gasteiger partial charge in [0.25, 0.3) is 5.91 Å². The van der Waals surface area contributed by atoms with Gasteiger partial charge in [-0.3, -0.25) is 9.69 Å². The van der Waals surface area contributed by atoms with Gasteiger partial charge in [-0.15, -0.1) is 0 Å². The van der Waals surface area contributed by atoms with Crippen molar-refractivity contribution in [3.8, 4) is 17.1 Å². The molecule has 7 nitrogen and oxygen atoms in total. The third kappa shape index (κ3) is 5.18. The summed E-state index contributed by atoms with van der Waals surface area (Å²) in [6, 6.07) is 13.2. The highest BCUT2D eigenvalue weighted by molar-refractivity contribution is 6.30. The molecule has 2 heterocycles. The molecule has 1 amide bonds. The topological polar surface area (TPSA) is 71.7 Å². The molecule has 0 saturated carbocycles. The first kappa shape index (κ1) is 21.2. The van der Waals surface area contributed by atoms with E-state index in [0.717, 1.165) is 0 Å². The zero-order valence-corrected chi connectivity index (χ0v) is 17.1. The minimum Gasteiger partial charge on any atom is -0.434 e. The van der Waals surface area contributed by atoms with Gasteiger partial charge in [-0.25, -0.2) is 0 Å². The molecule has 0 unspecified atom stereocenters. The predicted octanol–water partition coefficient (Wildman–Crippen LogP) is 3.95. The molecule has 1 saturated heterocycles. The van der Waals surface area contributed by atoms with Crippen LogP contribution in [-0.4, -0.2) is 58.6 Å². The number of hydrogen-bond acceptors (Lipinski definition) is 6. The summed E-state index contributed by atoms with van der Waals surface area (Å²) < 4.78 is 35.1. The highest BCUT2D eigenvalue weighted by Gasteiger charge is 2.24. The summed E-state index contributed by atoms with van der Waals surface area (Å²) in [7, 11) is 0. The van der Waals surface area contributed by atoms with Gasteiger partial charge >= 0.3 is 6.61 Å². The van der Waals surface area contributed by atoms with Crippen LogP contribution in [0.4, 0.5) is 8.78 Å². The van der Waals surface area contributed by atoms with Gasteiger partial charge in [0, 0.05) is 36.8 Å². The normalized spacial score (nSPS) is 14.8. The van der Waals surface area contributed by atoms with Gasteiger partial charge in [-0.05, 0) is 30.3 Å². The van der Waals surface area contributed by atoms with Gasteiger partial charge in [0.1, 0.15) is 5.75 Å². The van der Waals surface area contributed by atoms with Crippen molar-refractivity contribution < 1.29 is 22.8 Å². The Bertz CT molecular complexity index is 1050. The van der Waals surface area contributed by atoms with Crippen LogP contribution in [0.3, 0.4) is 0 Å². The SMILES string of the molecule is O=C(c1cccc(Cl)c1)N1CCN(Cc2nc(-c3ccccc3OC(F)F)no2)CC1. The van der Waals surface area contributed by atoms with Crippen LogP contribution in [0.15, 0.2) is 53.1 Å². The number of nitrogens with zero attached hydrogens (tertiary/aromatic N) is 4. The number of halogens is 3. The number of hydrogen-bond donors (Lipinski definition) is 0. The van der Waals surface area contributed by atoms with Crippen LogP contribution in [-0.2, 0) is 6.54 Å². The molecule has 10 heteroatoms. The van der Waals surface area contributed by atoms with Crippen molar-refractivity contribution in [1.29, 1.82) is 0 Å². The van der Waals surface area contributed by atoms with E-state index < -0.39 is 6.61 Å². The number of carbonyl (C=O) groups is 1. The molecule has 31 heavy (non-hydrogen) atoms. The molecule has 2 aromatic carbocycles. The van der Waals surface area contributed by atoms with Crippen LogP contribution in [0, 0.1) is 0 Å². The van der Waals surface area contributed by atoms with Crippen LogP contribution >= 0.6 is 11.6 Å². The Balaban J connectivity index is 1.36. The van der Waals surface area contributed by atoms with Crippen molar-refractivity contribution in [3.05, 3.63) is 65.0 Å². The van der Waals surface area contributed by atoms with E-state index in [2.05, 4.69) is 19.8 Å². The maximum absolute atomic E-state index is 12.6. The number of ether oxygens (including phenoxy) is 1. The second-order valence-corrected chi connectivity index (χ2v) is 7.40. The number of piperazine rings is 1. The Kier molecular flexibility index (Phi) is 6.43. The van der Waals surface area contributed by atoms with E-state index in [0.29, 0.717) is 54.8 Å². The Morgan fingerprint density at radius 1 is 1.13 bits per heavy atom. The van der Waals surface area contributed by atoms with Crippen molar-refractivity contribution in [3.63, 3.8) is 0 Å². The van der Waals surface area contributed by atoms with Gasteiger partial charge < -0.3 is 14.2 Å². The zero-order valence-electron chi connectivity index (χ0n) is 16.4. The van der Waals surface area contributed by atoms with E-state index in [9.17, 15) is 13.6 Å². The Morgan fingerprint density at radius 2 is 1.90 bits per heavy atom. The van der Waals surface area contributed by atoms with E-state index in [1.165, 1.54) is 6.07 Å². The molecule has 1 aliphatic rings. The number of alkyl halides is 2. The largest absolute Gasteiger partial charge is 0.434 e. The lowest BCUT2D eigenvalue weighted by Gasteiger charge is -2.34. The average Bonchev–Trinajstić information content (AvgIpc) is 3.22. The van der Waals surface area contributed by atoms with Crippen LogP contribution in [0.1, 0.15) is 16.2 Å². The maximum atomic E-state index is 12.6. The first-order valence-electron chi connectivity index (χ1n) is 9.63. The lowest BCUT2D eigenvalue weighted by Crippen LogP contribution is -2.48. The zero-order chi connectivity index (χ0) is 21.8. The minimum absolute atomic E-state index is 0.0157. The molecule has 0 bridgehead atoms. The molecule has 0 spiro atoms. The number of amides is 1. The Labute approximate surface area is 182 Å². The van der Waals surface area contributed by atoms with E-state index in [1.54, 1.807) is 47.4 Å². The van der Waals surface area contributed by atoms with Gasteiger partial charge in [-0.1, -0.05) is 35.0 Å². The second-order valence-electron chi connectivity index (χ2n) is 6.97. The van der Waals surface area contributed by atoms with E-state index >= 15 is 0 Å². The molecule has 1 fully saturated rings. The van der Waals surface area contributed by atoms with E-state index in [-0.39, 0.29) is 17.5 Å².